The summed E-state index contributed by atoms with van der Waals surface area (Å²) in [6, 6.07) is 8.15. The van der Waals surface area contributed by atoms with Gasteiger partial charge in [-0.25, -0.2) is 0 Å². The molecule has 17 heavy (non-hydrogen) atoms. The third kappa shape index (κ3) is 2.31. The highest BCUT2D eigenvalue weighted by Gasteiger charge is 2.41. The fourth-order valence-corrected chi connectivity index (χ4v) is 2.56. The first-order valence-electron chi connectivity index (χ1n) is 6.40. The molecular weight excluding hydrogens is 212 g/mol. The van der Waals surface area contributed by atoms with Crippen LogP contribution >= 0.6 is 0 Å². The number of nitrogens with two attached hydrogens (primary N) is 2. The van der Waals surface area contributed by atoms with E-state index in [2.05, 4.69) is 12.1 Å². The van der Waals surface area contributed by atoms with Crippen LogP contribution in [-0.2, 0) is 0 Å². The van der Waals surface area contributed by atoms with E-state index in [1.165, 1.54) is 12.0 Å². The second-order valence-corrected chi connectivity index (χ2v) is 4.90. The number of rotatable bonds is 5. The molecule has 1 saturated carbocycles. The molecule has 0 spiro atoms. The average molecular weight is 234 g/mol. The largest absolute Gasteiger partial charge is 0.494 e. The molecule has 1 unspecified atom stereocenters. The van der Waals surface area contributed by atoms with Crippen LogP contribution in [0.25, 0.3) is 0 Å². The van der Waals surface area contributed by atoms with Crippen LogP contribution in [0.5, 0.6) is 5.75 Å². The van der Waals surface area contributed by atoms with E-state index in [0.717, 1.165) is 18.6 Å². The van der Waals surface area contributed by atoms with E-state index in [1.807, 2.05) is 19.1 Å². The van der Waals surface area contributed by atoms with Crippen LogP contribution in [-0.4, -0.2) is 13.2 Å². The smallest absolute Gasteiger partial charge is 0.119 e. The summed E-state index contributed by atoms with van der Waals surface area (Å²) in [5.74, 6) is 0.902. The summed E-state index contributed by atoms with van der Waals surface area (Å²) in [5, 5.41) is 0. The molecule has 0 bridgehead atoms. The monoisotopic (exact) mass is 234 g/mol. The van der Waals surface area contributed by atoms with Gasteiger partial charge in [0.25, 0.3) is 0 Å². The summed E-state index contributed by atoms with van der Waals surface area (Å²) < 4.78 is 5.43. The van der Waals surface area contributed by atoms with Gasteiger partial charge >= 0.3 is 0 Å². The van der Waals surface area contributed by atoms with Gasteiger partial charge in [0.2, 0.25) is 0 Å². The summed E-state index contributed by atoms with van der Waals surface area (Å²) in [4.78, 5) is 0. The third-order valence-electron chi connectivity index (χ3n) is 3.97. The van der Waals surface area contributed by atoms with Crippen molar-refractivity contribution in [3.8, 4) is 5.75 Å². The van der Waals surface area contributed by atoms with Crippen molar-refractivity contribution in [2.45, 2.75) is 32.2 Å². The topological polar surface area (TPSA) is 61.3 Å². The number of benzene rings is 1. The van der Waals surface area contributed by atoms with E-state index in [0.29, 0.717) is 13.2 Å². The minimum Gasteiger partial charge on any atom is -0.494 e. The van der Waals surface area contributed by atoms with Crippen LogP contribution in [0.4, 0.5) is 0 Å². The Hall–Kier alpha value is -1.06. The minimum atomic E-state index is 0.0527. The van der Waals surface area contributed by atoms with Gasteiger partial charge in [0, 0.05) is 11.5 Å². The van der Waals surface area contributed by atoms with Crippen LogP contribution in [0.2, 0.25) is 0 Å². The first-order chi connectivity index (χ1) is 8.22. The van der Waals surface area contributed by atoms with Gasteiger partial charge in [-0.1, -0.05) is 18.6 Å². The Balaban J connectivity index is 2.11. The minimum absolute atomic E-state index is 0.0527. The lowest BCUT2D eigenvalue weighted by Gasteiger charge is -2.45. The molecule has 1 atom stereocenters. The van der Waals surface area contributed by atoms with E-state index in [1.54, 1.807) is 0 Å². The fraction of sp³-hybridized carbons (Fsp3) is 0.571. The Morgan fingerprint density at radius 3 is 2.35 bits per heavy atom. The van der Waals surface area contributed by atoms with Crippen molar-refractivity contribution < 1.29 is 4.74 Å². The first kappa shape index (κ1) is 12.4. The SMILES string of the molecule is CCOc1ccc(C(N)C2(CN)CCC2)cc1. The van der Waals surface area contributed by atoms with E-state index in [9.17, 15) is 0 Å². The predicted molar refractivity (Wildman–Crippen MR) is 69.9 cm³/mol. The maximum Gasteiger partial charge on any atom is 0.119 e. The predicted octanol–water partition coefficient (Wildman–Crippen LogP) is 2.21. The van der Waals surface area contributed by atoms with Gasteiger partial charge < -0.3 is 16.2 Å². The zero-order valence-electron chi connectivity index (χ0n) is 10.5. The highest BCUT2D eigenvalue weighted by molar-refractivity contribution is 5.30. The Morgan fingerprint density at radius 1 is 1.29 bits per heavy atom. The van der Waals surface area contributed by atoms with Crippen molar-refractivity contribution in [2.24, 2.45) is 16.9 Å². The zero-order valence-corrected chi connectivity index (χ0v) is 10.5. The van der Waals surface area contributed by atoms with Crippen LogP contribution in [0.1, 0.15) is 37.8 Å². The van der Waals surface area contributed by atoms with Crippen LogP contribution in [0.15, 0.2) is 24.3 Å². The zero-order chi connectivity index (χ0) is 12.3. The Bertz CT molecular complexity index is 351. The van der Waals surface area contributed by atoms with Gasteiger partial charge in [0.1, 0.15) is 5.75 Å². The molecule has 3 nitrogen and oxygen atoms in total. The van der Waals surface area contributed by atoms with E-state index in [-0.39, 0.29) is 11.5 Å². The highest BCUT2D eigenvalue weighted by atomic mass is 16.5. The molecule has 0 amide bonds. The average Bonchev–Trinajstić information content (AvgIpc) is 2.29. The van der Waals surface area contributed by atoms with Gasteiger partial charge in [-0.15, -0.1) is 0 Å². The Morgan fingerprint density at radius 2 is 1.94 bits per heavy atom. The second-order valence-electron chi connectivity index (χ2n) is 4.90. The van der Waals surface area contributed by atoms with Gasteiger partial charge in [-0.3, -0.25) is 0 Å². The summed E-state index contributed by atoms with van der Waals surface area (Å²) in [5.41, 5.74) is 13.5. The normalized spacial score (nSPS) is 19.5. The molecule has 0 aromatic heterocycles. The Kier molecular flexibility index (Phi) is 3.69. The van der Waals surface area contributed by atoms with Crippen molar-refractivity contribution in [3.05, 3.63) is 29.8 Å². The lowest BCUT2D eigenvalue weighted by molar-refractivity contribution is 0.104. The number of ether oxygens (including phenoxy) is 1. The standard InChI is InChI=1S/C14H22N2O/c1-2-17-12-6-4-11(5-7-12)13(16)14(10-15)8-3-9-14/h4-7,13H,2-3,8-10,15-16H2,1H3. The van der Waals surface area contributed by atoms with Crippen molar-refractivity contribution in [1.29, 1.82) is 0 Å². The van der Waals surface area contributed by atoms with Crippen molar-refractivity contribution in [2.75, 3.05) is 13.2 Å². The van der Waals surface area contributed by atoms with E-state index >= 15 is 0 Å². The maximum atomic E-state index is 6.35. The molecule has 1 fully saturated rings. The molecule has 0 aliphatic heterocycles. The van der Waals surface area contributed by atoms with Crippen molar-refractivity contribution in [3.63, 3.8) is 0 Å². The van der Waals surface area contributed by atoms with Crippen LogP contribution < -0.4 is 16.2 Å². The van der Waals surface area contributed by atoms with Crippen LogP contribution in [0, 0.1) is 5.41 Å². The second kappa shape index (κ2) is 5.07. The lowest BCUT2D eigenvalue weighted by atomic mass is 9.63. The molecule has 1 aliphatic carbocycles. The summed E-state index contributed by atoms with van der Waals surface area (Å²) in [6.45, 7) is 3.36. The fourth-order valence-electron chi connectivity index (χ4n) is 2.56. The maximum absolute atomic E-state index is 6.35. The number of hydrogen-bond donors (Lipinski definition) is 2. The summed E-state index contributed by atoms with van der Waals surface area (Å²) in [6.07, 6.45) is 3.55. The molecule has 94 valence electrons. The van der Waals surface area contributed by atoms with E-state index < -0.39 is 0 Å². The van der Waals surface area contributed by atoms with E-state index in [4.69, 9.17) is 16.2 Å². The van der Waals surface area contributed by atoms with Gasteiger partial charge in [0.15, 0.2) is 0 Å². The molecule has 2 rings (SSSR count). The molecule has 1 aromatic carbocycles. The van der Waals surface area contributed by atoms with Gasteiger partial charge in [-0.2, -0.15) is 0 Å². The first-order valence-corrected chi connectivity index (χ1v) is 6.40. The van der Waals surface area contributed by atoms with Gasteiger partial charge in [0.05, 0.1) is 6.61 Å². The molecule has 0 saturated heterocycles. The lowest BCUT2D eigenvalue weighted by Crippen LogP contribution is -2.46. The highest BCUT2D eigenvalue weighted by Crippen LogP contribution is 2.48. The Labute approximate surface area is 103 Å². The van der Waals surface area contributed by atoms with Crippen LogP contribution in [0.3, 0.4) is 0 Å². The molecule has 1 aromatic rings. The van der Waals surface area contributed by atoms with Crippen molar-refractivity contribution in [1.82, 2.24) is 0 Å². The van der Waals surface area contributed by atoms with Gasteiger partial charge in [-0.05, 0) is 44.0 Å². The number of hydrogen-bond acceptors (Lipinski definition) is 3. The molecule has 0 heterocycles. The summed E-state index contributed by atoms with van der Waals surface area (Å²) in [7, 11) is 0. The summed E-state index contributed by atoms with van der Waals surface area (Å²) >= 11 is 0. The molecule has 3 heteroatoms. The molecule has 4 N–H and O–H groups in total. The molecule has 0 radical (unpaired) electrons. The molecule has 1 aliphatic rings. The molecular formula is C14H22N2O. The van der Waals surface area contributed by atoms with Crippen molar-refractivity contribution >= 4 is 0 Å². The quantitative estimate of drug-likeness (QED) is 0.821. The third-order valence-corrected chi connectivity index (χ3v) is 3.97.